The van der Waals surface area contributed by atoms with E-state index in [1.54, 1.807) is 7.05 Å². The summed E-state index contributed by atoms with van der Waals surface area (Å²) in [6, 6.07) is 7.83. The van der Waals surface area contributed by atoms with E-state index in [0.29, 0.717) is 13.1 Å². The Balaban J connectivity index is 2.38. The minimum atomic E-state index is -3.41. The van der Waals surface area contributed by atoms with Crippen LogP contribution in [0.25, 0.3) is 0 Å². The maximum Gasteiger partial charge on any atom is 0.279 e. The monoisotopic (exact) mass is 313 g/mol. The molecule has 6 heteroatoms. The number of aryl methyl sites for hydroxylation is 1. The second kappa shape index (κ2) is 9.15. The van der Waals surface area contributed by atoms with E-state index in [1.165, 1.54) is 4.31 Å². The van der Waals surface area contributed by atoms with Crippen molar-refractivity contribution in [3.8, 4) is 0 Å². The van der Waals surface area contributed by atoms with Crippen molar-refractivity contribution in [2.45, 2.75) is 33.2 Å². The van der Waals surface area contributed by atoms with Crippen LogP contribution >= 0.6 is 0 Å². The molecule has 2 N–H and O–H groups in total. The van der Waals surface area contributed by atoms with E-state index in [1.807, 2.05) is 31.2 Å². The molecule has 0 saturated carbocycles. The van der Waals surface area contributed by atoms with E-state index in [-0.39, 0.29) is 0 Å². The van der Waals surface area contributed by atoms with Crippen molar-refractivity contribution >= 4 is 10.2 Å². The van der Waals surface area contributed by atoms with Crippen molar-refractivity contribution < 1.29 is 8.42 Å². The van der Waals surface area contributed by atoms with Crippen molar-refractivity contribution in [1.29, 1.82) is 0 Å². The SMILES string of the molecule is CCCNCCCN(C)S(=O)(=O)NCc1cccc(C)c1. The van der Waals surface area contributed by atoms with Crippen LogP contribution in [0.15, 0.2) is 24.3 Å². The molecule has 0 spiro atoms. The van der Waals surface area contributed by atoms with E-state index < -0.39 is 10.2 Å². The molecule has 1 aromatic rings. The standard InChI is InChI=1S/C15H27N3O2S/c1-4-9-16-10-6-11-18(3)21(19,20)17-13-15-8-5-7-14(2)12-15/h5,7-8,12,16-17H,4,6,9-11,13H2,1-3H3. The number of hydrogen-bond donors (Lipinski definition) is 2. The molecule has 0 bridgehead atoms. The predicted octanol–water partition coefficient (Wildman–Crippen LogP) is 1.65. The van der Waals surface area contributed by atoms with Gasteiger partial charge in [-0.3, -0.25) is 0 Å². The Morgan fingerprint density at radius 2 is 2.00 bits per heavy atom. The van der Waals surface area contributed by atoms with Crippen LogP contribution in [0.1, 0.15) is 30.9 Å². The Kier molecular flexibility index (Phi) is 7.88. The first-order valence-corrected chi connectivity index (χ1v) is 8.87. The maximum atomic E-state index is 12.1. The summed E-state index contributed by atoms with van der Waals surface area (Å²) in [6.45, 7) is 6.75. The molecule has 0 aromatic heterocycles. The Morgan fingerprint density at radius 1 is 1.24 bits per heavy atom. The van der Waals surface area contributed by atoms with Gasteiger partial charge in [0.05, 0.1) is 0 Å². The zero-order valence-corrected chi connectivity index (χ0v) is 14.0. The van der Waals surface area contributed by atoms with Crippen molar-refractivity contribution in [2.24, 2.45) is 0 Å². The topological polar surface area (TPSA) is 61.4 Å². The Hall–Kier alpha value is -0.950. The summed E-state index contributed by atoms with van der Waals surface area (Å²) in [6.07, 6.45) is 1.90. The zero-order valence-electron chi connectivity index (χ0n) is 13.2. The molecule has 21 heavy (non-hydrogen) atoms. The highest BCUT2D eigenvalue weighted by Crippen LogP contribution is 2.05. The van der Waals surface area contributed by atoms with Crippen molar-refractivity contribution in [2.75, 3.05) is 26.7 Å². The number of nitrogens with zero attached hydrogens (tertiary/aromatic N) is 1. The third-order valence-electron chi connectivity index (χ3n) is 3.20. The van der Waals surface area contributed by atoms with Gasteiger partial charge >= 0.3 is 0 Å². The van der Waals surface area contributed by atoms with Crippen molar-refractivity contribution in [3.63, 3.8) is 0 Å². The summed E-state index contributed by atoms with van der Waals surface area (Å²) in [5.74, 6) is 0. The fraction of sp³-hybridized carbons (Fsp3) is 0.600. The van der Waals surface area contributed by atoms with Crippen LogP contribution < -0.4 is 10.0 Å². The first-order valence-electron chi connectivity index (χ1n) is 7.43. The number of rotatable bonds is 10. The summed E-state index contributed by atoms with van der Waals surface area (Å²) >= 11 is 0. The summed E-state index contributed by atoms with van der Waals surface area (Å²) in [5, 5.41) is 3.26. The lowest BCUT2D eigenvalue weighted by molar-refractivity contribution is 0.444. The quantitative estimate of drug-likeness (QED) is 0.646. The second-order valence-electron chi connectivity index (χ2n) is 5.24. The molecule has 0 unspecified atom stereocenters. The fourth-order valence-electron chi connectivity index (χ4n) is 1.96. The smallest absolute Gasteiger partial charge is 0.279 e. The summed E-state index contributed by atoms with van der Waals surface area (Å²) in [5.41, 5.74) is 2.10. The minimum absolute atomic E-state index is 0.322. The molecule has 0 atom stereocenters. The molecule has 0 heterocycles. The van der Waals surface area contributed by atoms with E-state index in [9.17, 15) is 8.42 Å². The highest BCUT2D eigenvalue weighted by molar-refractivity contribution is 7.87. The Morgan fingerprint density at radius 3 is 2.67 bits per heavy atom. The van der Waals surface area contributed by atoms with E-state index in [2.05, 4.69) is 17.0 Å². The van der Waals surface area contributed by atoms with Gasteiger partial charge in [-0.1, -0.05) is 36.8 Å². The number of nitrogens with one attached hydrogen (secondary N) is 2. The Bertz CT molecular complexity index is 517. The van der Waals surface area contributed by atoms with Crippen LogP contribution in [0.5, 0.6) is 0 Å². The van der Waals surface area contributed by atoms with Crippen LogP contribution in [0, 0.1) is 6.92 Å². The first kappa shape index (κ1) is 18.1. The average molecular weight is 313 g/mol. The minimum Gasteiger partial charge on any atom is -0.317 e. The molecule has 0 fully saturated rings. The maximum absolute atomic E-state index is 12.1. The fourth-order valence-corrected chi connectivity index (χ4v) is 2.89. The molecule has 0 saturated heterocycles. The molecule has 0 radical (unpaired) electrons. The van der Waals surface area contributed by atoms with Crippen LogP contribution in [0.3, 0.4) is 0 Å². The molecule has 0 aliphatic rings. The molecule has 0 aliphatic carbocycles. The lowest BCUT2D eigenvalue weighted by atomic mass is 10.1. The highest BCUT2D eigenvalue weighted by Gasteiger charge is 2.16. The number of benzene rings is 1. The molecule has 120 valence electrons. The highest BCUT2D eigenvalue weighted by atomic mass is 32.2. The van der Waals surface area contributed by atoms with Gasteiger partial charge < -0.3 is 5.32 Å². The van der Waals surface area contributed by atoms with Gasteiger partial charge in [0, 0.05) is 20.1 Å². The molecule has 1 aromatic carbocycles. The van der Waals surface area contributed by atoms with Crippen LogP contribution in [-0.4, -0.2) is 39.4 Å². The van der Waals surface area contributed by atoms with Gasteiger partial charge in [-0.2, -0.15) is 17.4 Å². The van der Waals surface area contributed by atoms with Gasteiger partial charge in [-0.05, 0) is 38.4 Å². The molecule has 5 nitrogen and oxygen atoms in total. The third kappa shape index (κ3) is 7.04. The van der Waals surface area contributed by atoms with Gasteiger partial charge in [0.2, 0.25) is 0 Å². The van der Waals surface area contributed by atoms with Crippen LogP contribution in [0.4, 0.5) is 0 Å². The Labute approximate surface area is 128 Å². The average Bonchev–Trinajstić information content (AvgIpc) is 2.45. The van der Waals surface area contributed by atoms with Gasteiger partial charge in [0.25, 0.3) is 10.2 Å². The summed E-state index contributed by atoms with van der Waals surface area (Å²) < 4.78 is 28.2. The lowest BCUT2D eigenvalue weighted by Gasteiger charge is -2.18. The van der Waals surface area contributed by atoms with Gasteiger partial charge in [-0.25, -0.2) is 0 Å². The molecule has 1 rings (SSSR count). The third-order valence-corrected chi connectivity index (χ3v) is 4.72. The van der Waals surface area contributed by atoms with E-state index >= 15 is 0 Å². The van der Waals surface area contributed by atoms with Crippen molar-refractivity contribution in [3.05, 3.63) is 35.4 Å². The van der Waals surface area contributed by atoms with Crippen LogP contribution in [-0.2, 0) is 16.8 Å². The summed E-state index contributed by atoms with van der Waals surface area (Å²) in [7, 11) is -1.80. The van der Waals surface area contributed by atoms with Crippen molar-refractivity contribution in [1.82, 2.24) is 14.3 Å². The molecular formula is C15H27N3O2S. The van der Waals surface area contributed by atoms with E-state index in [0.717, 1.165) is 37.1 Å². The van der Waals surface area contributed by atoms with Gasteiger partial charge in [0.15, 0.2) is 0 Å². The molecule has 0 aliphatic heterocycles. The zero-order chi connectivity index (χ0) is 15.7. The van der Waals surface area contributed by atoms with E-state index in [4.69, 9.17) is 0 Å². The second-order valence-corrected chi connectivity index (χ2v) is 7.10. The summed E-state index contributed by atoms with van der Waals surface area (Å²) in [4.78, 5) is 0. The lowest BCUT2D eigenvalue weighted by Crippen LogP contribution is -2.39. The molecule has 0 amide bonds. The normalized spacial score (nSPS) is 12.0. The largest absolute Gasteiger partial charge is 0.317 e. The predicted molar refractivity (Wildman–Crippen MR) is 87.3 cm³/mol. The van der Waals surface area contributed by atoms with Gasteiger partial charge in [0.1, 0.15) is 0 Å². The number of hydrogen-bond acceptors (Lipinski definition) is 3. The van der Waals surface area contributed by atoms with Crippen LogP contribution in [0.2, 0.25) is 0 Å². The van der Waals surface area contributed by atoms with Gasteiger partial charge in [-0.15, -0.1) is 0 Å². The molecular weight excluding hydrogens is 286 g/mol. The first-order chi connectivity index (χ1) is 9.95.